The number of para-hydroxylation sites is 1. The predicted octanol–water partition coefficient (Wildman–Crippen LogP) is 3.22. The molecule has 1 heterocycles. The number of benzene rings is 1. The molecule has 0 fully saturated rings. The topological polar surface area (TPSA) is 48.1 Å². The highest BCUT2D eigenvalue weighted by molar-refractivity contribution is 5.85. The molecule has 0 amide bonds. The third kappa shape index (κ3) is 3.24. The Kier molecular flexibility index (Phi) is 4.74. The van der Waals surface area contributed by atoms with Crippen molar-refractivity contribution in [1.29, 1.82) is 0 Å². The Morgan fingerprint density at radius 1 is 1.32 bits per heavy atom. The lowest BCUT2D eigenvalue weighted by Gasteiger charge is -2.11. The van der Waals surface area contributed by atoms with Crippen molar-refractivity contribution in [2.45, 2.75) is 33.1 Å². The van der Waals surface area contributed by atoms with Gasteiger partial charge in [0.15, 0.2) is 0 Å². The normalized spacial score (nSPS) is 10.9. The van der Waals surface area contributed by atoms with Crippen LogP contribution in [0, 0.1) is 6.92 Å². The van der Waals surface area contributed by atoms with E-state index in [1.54, 1.807) is 0 Å². The van der Waals surface area contributed by atoms with Crippen molar-refractivity contribution in [2.75, 3.05) is 13.2 Å². The van der Waals surface area contributed by atoms with E-state index in [1.165, 1.54) is 5.56 Å². The van der Waals surface area contributed by atoms with Crippen LogP contribution in [0.4, 0.5) is 0 Å². The number of pyridine rings is 1. The maximum Gasteiger partial charge on any atom is 0.145 e. The smallest absolute Gasteiger partial charge is 0.145 e. The molecule has 2 aromatic rings. The van der Waals surface area contributed by atoms with Crippen molar-refractivity contribution in [3.05, 3.63) is 35.5 Å². The summed E-state index contributed by atoms with van der Waals surface area (Å²) >= 11 is 0. The monoisotopic (exact) mass is 258 g/mol. The molecule has 1 aromatic carbocycles. The maximum atomic E-state index is 5.83. The highest BCUT2D eigenvalue weighted by atomic mass is 16.5. The third-order valence-electron chi connectivity index (χ3n) is 3.27. The highest BCUT2D eigenvalue weighted by Gasteiger charge is 2.07. The van der Waals surface area contributed by atoms with Gasteiger partial charge in [0.25, 0.3) is 0 Å². The first-order valence-corrected chi connectivity index (χ1v) is 6.98. The average Bonchev–Trinajstić information content (AvgIpc) is 2.41. The Bertz CT molecular complexity index is 552. The average molecular weight is 258 g/mol. The van der Waals surface area contributed by atoms with E-state index in [2.05, 4.69) is 19.1 Å². The summed E-state index contributed by atoms with van der Waals surface area (Å²) < 4.78 is 5.83. The summed E-state index contributed by atoms with van der Waals surface area (Å²) in [4.78, 5) is 4.69. The molecule has 0 atom stereocenters. The Morgan fingerprint density at radius 2 is 2.16 bits per heavy atom. The van der Waals surface area contributed by atoms with Gasteiger partial charge in [-0.3, -0.25) is 0 Å². The molecule has 3 nitrogen and oxygen atoms in total. The van der Waals surface area contributed by atoms with Gasteiger partial charge in [-0.1, -0.05) is 25.5 Å². The fourth-order valence-corrected chi connectivity index (χ4v) is 2.16. The lowest BCUT2D eigenvalue weighted by Crippen LogP contribution is -2.05. The predicted molar refractivity (Wildman–Crippen MR) is 79.6 cm³/mol. The van der Waals surface area contributed by atoms with Crippen LogP contribution >= 0.6 is 0 Å². The van der Waals surface area contributed by atoms with Gasteiger partial charge in [-0.15, -0.1) is 0 Å². The second kappa shape index (κ2) is 6.53. The standard InChI is InChI=1S/C16H22N2O/c1-3-4-10-19-15-7-5-6-14-11-13(8-9-17)12(2)18-16(14)15/h5-7,11H,3-4,8-10,17H2,1-2H3. The van der Waals surface area contributed by atoms with Crippen LogP contribution in [0.3, 0.4) is 0 Å². The molecule has 2 N–H and O–H groups in total. The lowest BCUT2D eigenvalue weighted by molar-refractivity contribution is 0.312. The zero-order chi connectivity index (χ0) is 13.7. The summed E-state index contributed by atoms with van der Waals surface area (Å²) in [7, 11) is 0. The summed E-state index contributed by atoms with van der Waals surface area (Å²) in [6.45, 7) is 5.60. The van der Waals surface area contributed by atoms with Gasteiger partial charge in [-0.05, 0) is 44.0 Å². The summed E-state index contributed by atoms with van der Waals surface area (Å²) in [5, 5.41) is 1.13. The van der Waals surface area contributed by atoms with Gasteiger partial charge in [-0.2, -0.15) is 0 Å². The first kappa shape index (κ1) is 13.8. The minimum absolute atomic E-state index is 0.653. The van der Waals surface area contributed by atoms with Crippen molar-refractivity contribution in [3.8, 4) is 5.75 Å². The Balaban J connectivity index is 2.36. The number of unbranched alkanes of at least 4 members (excludes halogenated alkanes) is 1. The van der Waals surface area contributed by atoms with Crippen molar-refractivity contribution in [3.63, 3.8) is 0 Å². The van der Waals surface area contributed by atoms with Crippen molar-refractivity contribution in [1.82, 2.24) is 4.98 Å². The number of hydrogen-bond donors (Lipinski definition) is 1. The van der Waals surface area contributed by atoms with Gasteiger partial charge in [-0.25, -0.2) is 4.98 Å². The number of hydrogen-bond acceptors (Lipinski definition) is 3. The second-order valence-electron chi connectivity index (χ2n) is 4.80. The number of aryl methyl sites for hydroxylation is 1. The number of nitrogens with two attached hydrogens (primary N) is 1. The van der Waals surface area contributed by atoms with Crippen LogP contribution in [0.1, 0.15) is 31.0 Å². The Labute approximate surface area is 114 Å². The first-order chi connectivity index (χ1) is 9.26. The number of fused-ring (bicyclic) bond motifs is 1. The molecular formula is C16H22N2O. The molecule has 0 aliphatic carbocycles. The molecule has 0 bridgehead atoms. The quantitative estimate of drug-likeness (QED) is 0.809. The zero-order valence-corrected chi connectivity index (χ0v) is 11.8. The fraction of sp³-hybridized carbons (Fsp3) is 0.438. The molecule has 2 rings (SSSR count). The number of aromatic nitrogens is 1. The molecular weight excluding hydrogens is 236 g/mol. The Hall–Kier alpha value is -1.61. The van der Waals surface area contributed by atoms with E-state index in [-0.39, 0.29) is 0 Å². The second-order valence-corrected chi connectivity index (χ2v) is 4.80. The molecule has 3 heteroatoms. The minimum atomic E-state index is 0.653. The Morgan fingerprint density at radius 3 is 2.89 bits per heavy atom. The van der Waals surface area contributed by atoms with Gasteiger partial charge in [0, 0.05) is 11.1 Å². The van der Waals surface area contributed by atoms with Crippen molar-refractivity contribution >= 4 is 10.9 Å². The van der Waals surface area contributed by atoms with Crippen LogP contribution < -0.4 is 10.5 Å². The van der Waals surface area contributed by atoms with Crippen molar-refractivity contribution in [2.24, 2.45) is 5.73 Å². The van der Waals surface area contributed by atoms with Crippen LogP contribution in [-0.2, 0) is 6.42 Å². The molecule has 0 saturated carbocycles. The summed E-state index contributed by atoms with van der Waals surface area (Å²) in [5.74, 6) is 0.883. The summed E-state index contributed by atoms with van der Waals surface area (Å²) in [5.41, 5.74) is 8.86. The van der Waals surface area contributed by atoms with Gasteiger partial charge >= 0.3 is 0 Å². The van der Waals surface area contributed by atoms with Crippen LogP contribution in [-0.4, -0.2) is 18.1 Å². The van der Waals surface area contributed by atoms with E-state index in [0.29, 0.717) is 6.54 Å². The van der Waals surface area contributed by atoms with Crippen LogP contribution in [0.25, 0.3) is 10.9 Å². The van der Waals surface area contributed by atoms with Gasteiger partial charge in [0.05, 0.1) is 6.61 Å². The largest absolute Gasteiger partial charge is 0.491 e. The minimum Gasteiger partial charge on any atom is -0.491 e. The maximum absolute atomic E-state index is 5.83. The van der Waals surface area contributed by atoms with Crippen LogP contribution in [0.5, 0.6) is 5.75 Å². The van der Waals surface area contributed by atoms with E-state index in [9.17, 15) is 0 Å². The zero-order valence-electron chi connectivity index (χ0n) is 11.8. The molecule has 102 valence electrons. The van der Waals surface area contributed by atoms with Crippen LogP contribution in [0.15, 0.2) is 24.3 Å². The molecule has 0 radical (unpaired) electrons. The third-order valence-corrected chi connectivity index (χ3v) is 3.27. The SMILES string of the molecule is CCCCOc1cccc2cc(CCN)c(C)nc12. The van der Waals surface area contributed by atoms with Gasteiger partial charge in [0.2, 0.25) is 0 Å². The molecule has 0 unspecified atom stereocenters. The molecule has 0 spiro atoms. The van der Waals surface area contributed by atoms with E-state index >= 15 is 0 Å². The van der Waals surface area contributed by atoms with E-state index < -0.39 is 0 Å². The molecule has 1 aromatic heterocycles. The first-order valence-electron chi connectivity index (χ1n) is 6.98. The molecule has 19 heavy (non-hydrogen) atoms. The molecule has 0 aliphatic rings. The molecule has 0 aliphatic heterocycles. The van der Waals surface area contributed by atoms with Crippen molar-refractivity contribution < 1.29 is 4.74 Å². The number of nitrogens with zero attached hydrogens (tertiary/aromatic N) is 1. The van der Waals surface area contributed by atoms with Gasteiger partial charge in [0.1, 0.15) is 11.3 Å². The van der Waals surface area contributed by atoms with Gasteiger partial charge < -0.3 is 10.5 Å². The van der Waals surface area contributed by atoms with E-state index in [4.69, 9.17) is 15.5 Å². The van der Waals surface area contributed by atoms with E-state index in [1.807, 2.05) is 19.1 Å². The fourth-order valence-electron chi connectivity index (χ4n) is 2.16. The summed E-state index contributed by atoms with van der Waals surface area (Å²) in [6, 6.07) is 8.27. The summed E-state index contributed by atoms with van der Waals surface area (Å²) in [6.07, 6.45) is 3.08. The highest BCUT2D eigenvalue weighted by Crippen LogP contribution is 2.26. The van der Waals surface area contributed by atoms with Crippen LogP contribution in [0.2, 0.25) is 0 Å². The van der Waals surface area contributed by atoms with E-state index in [0.717, 1.165) is 48.2 Å². The lowest BCUT2D eigenvalue weighted by atomic mass is 10.1. The molecule has 0 saturated heterocycles. The number of ether oxygens (including phenoxy) is 1. The number of rotatable bonds is 6.